The van der Waals surface area contributed by atoms with Gasteiger partial charge in [-0.15, -0.1) is 11.8 Å². The standard InChI is InChI=1S/C19H25N5O4S/c1-10(25)13-14-12(3-2-6-23-19(20)21)16(15(18(27)28)24(14)17(13)26)29-9-11-4-7-22-8-5-11/h4-5,7-8,10,12-14,25H,2-3,6,9H2,1H3,(H,27,28)(H4,20,21,23)/t10-,12-,13-,14-/m1/s1. The lowest BCUT2D eigenvalue weighted by Gasteiger charge is -2.47. The minimum atomic E-state index is -1.13. The third kappa shape index (κ3) is 4.23. The van der Waals surface area contributed by atoms with Crippen LogP contribution in [0.4, 0.5) is 0 Å². The highest BCUT2D eigenvalue weighted by Gasteiger charge is 2.60. The number of amides is 1. The van der Waals surface area contributed by atoms with Crippen LogP contribution < -0.4 is 11.5 Å². The number of β-lactam (4-membered cyclic amide) rings is 1. The van der Waals surface area contributed by atoms with Gasteiger partial charge in [-0.3, -0.25) is 14.8 Å². The van der Waals surface area contributed by atoms with Crippen LogP contribution in [0.15, 0.2) is 40.1 Å². The predicted molar refractivity (Wildman–Crippen MR) is 109 cm³/mol. The second kappa shape index (κ2) is 8.83. The number of nitrogens with zero attached hydrogens (tertiary/aromatic N) is 3. The molecule has 1 fully saturated rings. The number of aliphatic imine (C=N–C) groups is 1. The van der Waals surface area contributed by atoms with Gasteiger partial charge in [0, 0.05) is 35.5 Å². The van der Waals surface area contributed by atoms with Crippen molar-refractivity contribution in [3.05, 3.63) is 40.7 Å². The number of aliphatic hydroxyl groups excluding tert-OH is 1. The monoisotopic (exact) mass is 419 g/mol. The highest BCUT2D eigenvalue weighted by Crippen LogP contribution is 2.52. The van der Waals surface area contributed by atoms with Gasteiger partial charge in [-0.2, -0.15) is 0 Å². The number of carbonyl (C=O) groups is 2. The summed E-state index contributed by atoms with van der Waals surface area (Å²) < 4.78 is 0. The summed E-state index contributed by atoms with van der Waals surface area (Å²) in [6.45, 7) is 1.99. The van der Waals surface area contributed by atoms with Crippen LogP contribution in [0.2, 0.25) is 0 Å². The van der Waals surface area contributed by atoms with Crippen LogP contribution in [0.3, 0.4) is 0 Å². The summed E-state index contributed by atoms with van der Waals surface area (Å²) in [6, 6.07) is 3.39. The highest BCUT2D eigenvalue weighted by atomic mass is 32.2. The molecule has 0 aliphatic carbocycles. The van der Waals surface area contributed by atoms with Gasteiger partial charge >= 0.3 is 5.97 Å². The van der Waals surface area contributed by atoms with Gasteiger partial charge in [-0.25, -0.2) is 4.79 Å². The van der Waals surface area contributed by atoms with E-state index in [9.17, 15) is 19.8 Å². The van der Waals surface area contributed by atoms with E-state index < -0.39 is 18.0 Å². The van der Waals surface area contributed by atoms with Crippen molar-refractivity contribution in [2.45, 2.75) is 37.7 Å². The lowest BCUT2D eigenvalue weighted by Crippen LogP contribution is -2.63. The van der Waals surface area contributed by atoms with Crippen LogP contribution in [0.1, 0.15) is 25.3 Å². The molecule has 2 aliphatic rings. The van der Waals surface area contributed by atoms with Gasteiger partial charge in [-0.05, 0) is 37.5 Å². The molecule has 3 rings (SSSR count). The number of aliphatic carboxylic acids is 1. The van der Waals surface area contributed by atoms with Crippen molar-refractivity contribution in [1.29, 1.82) is 0 Å². The van der Waals surface area contributed by atoms with Crippen molar-refractivity contribution >= 4 is 29.6 Å². The van der Waals surface area contributed by atoms with Crippen LogP contribution in [0, 0.1) is 11.8 Å². The van der Waals surface area contributed by atoms with E-state index >= 15 is 0 Å². The van der Waals surface area contributed by atoms with Crippen LogP contribution in [-0.4, -0.2) is 56.6 Å². The molecule has 2 aliphatic heterocycles. The number of carboxylic acids is 1. The van der Waals surface area contributed by atoms with Gasteiger partial charge in [0.25, 0.3) is 0 Å². The third-order valence-corrected chi connectivity index (χ3v) is 6.53. The molecule has 0 bridgehead atoms. The van der Waals surface area contributed by atoms with E-state index in [0.717, 1.165) is 5.56 Å². The number of hydrogen-bond acceptors (Lipinski definition) is 6. The fourth-order valence-corrected chi connectivity index (χ4v) is 5.32. The molecular weight excluding hydrogens is 394 g/mol. The number of guanidine groups is 1. The zero-order valence-corrected chi connectivity index (χ0v) is 16.9. The first-order chi connectivity index (χ1) is 13.8. The average molecular weight is 420 g/mol. The van der Waals surface area contributed by atoms with Crippen molar-refractivity contribution in [1.82, 2.24) is 9.88 Å². The number of thioether (sulfide) groups is 1. The number of aromatic nitrogens is 1. The number of pyridine rings is 1. The molecule has 0 radical (unpaired) electrons. The van der Waals surface area contributed by atoms with E-state index in [1.807, 2.05) is 12.1 Å². The molecule has 1 aromatic rings. The van der Waals surface area contributed by atoms with Gasteiger partial charge in [0.05, 0.1) is 18.1 Å². The normalized spacial score (nSPS) is 24.1. The summed E-state index contributed by atoms with van der Waals surface area (Å²) in [5, 5.41) is 19.9. The highest BCUT2D eigenvalue weighted by molar-refractivity contribution is 8.02. The van der Waals surface area contributed by atoms with Crippen molar-refractivity contribution in [3.63, 3.8) is 0 Å². The van der Waals surface area contributed by atoms with E-state index in [1.54, 1.807) is 19.3 Å². The predicted octanol–water partition coefficient (Wildman–Crippen LogP) is 0.502. The smallest absolute Gasteiger partial charge is 0.353 e. The summed E-state index contributed by atoms with van der Waals surface area (Å²) in [5.41, 5.74) is 11.8. The van der Waals surface area contributed by atoms with Crippen LogP contribution in [0.25, 0.3) is 0 Å². The first-order valence-corrected chi connectivity index (χ1v) is 10.4. The summed E-state index contributed by atoms with van der Waals surface area (Å²) in [7, 11) is 0. The lowest BCUT2D eigenvalue weighted by atomic mass is 9.77. The second-order valence-electron chi connectivity index (χ2n) is 7.18. The zero-order chi connectivity index (χ0) is 21.1. The molecular formula is C19H25N5O4S. The maximum absolute atomic E-state index is 12.6. The Morgan fingerprint density at radius 1 is 1.38 bits per heavy atom. The molecule has 1 aromatic heterocycles. The number of aliphatic hydroxyl groups is 1. The Hall–Kier alpha value is -2.59. The Morgan fingerprint density at radius 3 is 2.66 bits per heavy atom. The fourth-order valence-electron chi connectivity index (χ4n) is 4.01. The van der Waals surface area contributed by atoms with Crippen molar-refractivity contribution in [3.8, 4) is 0 Å². The van der Waals surface area contributed by atoms with Gasteiger partial charge in [0.1, 0.15) is 5.70 Å². The molecule has 10 heteroatoms. The average Bonchev–Trinajstić information content (AvgIpc) is 2.93. The lowest BCUT2D eigenvalue weighted by molar-refractivity contribution is -0.163. The largest absolute Gasteiger partial charge is 0.477 e. The number of carboxylic acid groups (broad SMARTS) is 1. The molecule has 0 aromatic carbocycles. The van der Waals surface area contributed by atoms with E-state index in [4.69, 9.17) is 11.5 Å². The molecule has 156 valence electrons. The Morgan fingerprint density at radius 2 is 2.07 bits per heavy atom. The molecule has 6 N–H and O–H groups in total. The van der Waals surface area contributed by atoms with Crippen molar-refractivity contribution in [2.24, 2.45) is 28.3 Å². The van der Waals surface area contributed by atoms with Crippen LogP contribution >= 0.6 is 11.8 Å². The van der Waals surface area contributed by atoms with Gasteiger partial charge in [-0.1, -0.05) is 0 Å². The van der Waals surface area contributed by atoms with Crippen LogP contribution in [-0.2, 0) is 15.3 Å². The Labute approximate surface area is 172 Å². The minimum absolute atomic E-state index is 0.00720. The van der Waals surface area contributed by atoms with E-state index in [2.05, 4.69) is 9.98 Å². The number of nitrogens with two attached hydrogens (primary N) is 2. The molecule has 0 spiro atoms. The van der Waals surface area contributed by atoms with Crippen molar-refractivity contribution < 1.29 is 19.8 Å². The quantitative estimate of drug-likeness (QED) is 0.195. The maximum Gasteiger partial charge on any atom is 0.353 e. The zero-order valence-electron chi connectivity index (χ0n) is 16.1. The summed E-state index contributed by atoms with van der Waals surface area (Å²) in [6.07, 6.45) is 3.78. The van der Waals surface area contributed by atoms with E-state index in [1.165, 1.54) is 16.7 Å². The fraction of sp³-hybridized carbons (Fsp3) is 0.474. The Kier molecular flexibility index (Phi) is 6.43. The van der Waals surface area contributed by atoms with Gasteiger partial charge in [0.15, 0.2) is 5.96 Å². The summed E-state index contributed by atoms with van der Waals surface area (Å²) >= 11 is 1.42. The minimum Gasteiger partial charge on any atom is -0.477 e. The maximum atomic E-state index is 12.6. The van der Waals surface area contributed by atoms with Crippen molar-refractivity contribution in [2.75, 3.05) is 6.54 Å². The molecule has 4 atom stereocenters. The Bertz CT molecular complexity index is 838. The van der Waals surface area contributed by atoms with Gasteiger partial charge < -0.3 is 26.6 Å². The van der Waals surface area contributed by atoms with E-state index in [-0.39, 0.29) is 29.5 Å². The topological polar surface area (TPSA) is 155 Å². The van der Waals surface area contributed by atoms with Gasteiger partial charge in [0.2, 0.25) is 5.91 Å². The molecule has 9 nitrogen and oxygen atoms in total. The third-order valence-electron chi connectivity index (χ3n) is 5.25. The molecule has 3 heterocycles. The Balaban J connectivity index is 1.87. The van der Waals surface area contributed by atoms with E-state index in [0.29, 0.717) is 30.0 Å². The number of rotatable bonds is 9. The summed E-state index contributed by atoms with van der Waals surface area (Å²) in [4.78, 5) is 34.6. The first-order valence-electron chi connectivity index (χ1n) is 9.38. The number of carbonyl (C=O) groups excluding carboxylic acids is 1. The summed E-state index contributed by atoms with van der Waals surface area (Å²) in [5.74, 6) is -1.68. The van der Waals surface area contributed by atoms with Crippen LogP contribution in [0.5, 0.6) is 0 Å². The number of hydrogen-bond donors (Lipinski definition) is 4. The molecule has 29 heavy (non-hydrogen) atoms. The first kappa shape index (κ1) is 21.1. The number of fused-ring (bicyclic) bond motifs is 1. The second-order valence-corrected chi connectivity index (χ2v) is 8.20. The molecule has 1 saturated heterocycles. The molecule has 1 amide bonds. The molecule has 0 unspecified atom stereocenters. The molecule has 0 saturated carbocycles. The SMILES string of the molecule is C[C@@H](O)[C@H]1C(=O)N2C(C(=O)O)=C(SCc3ccncc3)[C@H](CCCN=C(N)N)[C@H]12.